The van der Waals surface area contributed by atoms with Crippen LogP contribution in [0.1, 0.15) is 24.8 Å². The van der Waals surface area contributed by atoms with Gasteiger partial charge >= 0.3 is 5.97 Å². The number of nitrogens with zero attached hydrogens (tertiary/aromatic N) is 1. The molecule has 2 heterocycles. The lowest BCUT2D eigenvalue weighted by molar-refractivity contribution is -0.150. The summed E-state index contributed by atoms with van der Waals surface area (Å²) in [5, 5.41) is 3.12. The van der Waals surface area contributed by atoms with E-state index in [9.17, 15) is 9.59 Å². The van der Waals surface area contributed by atoms with Gasteiger partial charge in [0.2, 0.25) is 5.91 Å². The first-order chi connectivity index (χ1) is 11.7. The van der Waals surface area contributed by atoms with Crippen LogP contribution in [0.2, 0.25) is 0 Å². The maximum Gasteiger partial charge on any atom is 0.308 e. The van der Waals surface area contributed by atoms with Crippen molar-refractivity contribution in [3.8, 4) is 0 Å². The first-order valence-corrected chi connectivity index (χ1v) is 8.55. The Labute approximate surface area is 154 Å². The fraction of sp³-hybridized carbons (Fsp3) is 0.556. The standard InChI is InChI=1S/C18H24N2O4.ClH/c21-17(24-13-14-5-2-1-3-6-14)11-16-18(22)20(9-8-19-16)12-15-7-4-10-23-15;/h1-3,5-6,15-16,19H,4,7-13H2;1H. The Bertz CT molecular complexity index is 563. The average molecular weight is 369 g/mol. The summed E-state index contributed by atoms with van der Waals surface area (Å²) >= 11 is 0. The number of hydrogen-bond acceptors (Lipinski definition) is 5. The third kappa shape index (κ3) is 5.70. The number of carbonyl (C=O) groups excluding carboxylic acids is 2. The summed E-state index contributed by atoms with van der Waals surface area (Å²) in [6.45, 7) is 2.99. The number of rotatable bonds is 6. The molecule has 1 amide bonds. The molecule has 2 fully saturated rings. The fourth-order valence-corrected chi connectivity index (χ4v) is 3.13. The van der Waals surface area contributed by atoms with Crippen LogP contribution in [0.4, 0.5) is 0 Å². The van der Waals surface area contributed by atoms with E-state index in [0.29, 0.717) is 19.6 Å². The zero-order valence-electron chi connectivity index (χ0n) is 14.2. The van der Waals surface area contributed by atoms with Crippen LogP contribution >= 0.6 is 12.4 Å². The first kappa shape index (κ1) is 19.7. The number of halogens is 1. The summed E-state index contributed by atoms with van der Waals surface area (Å²) in [5.74, 6) is -0.392. The molecule has 0 aromatic heterocycles. The average Bonchev–Trinajstić information content (AvgIpc) is 3.11. The predicted octanol–water partition coefficient (Wildman–Crippen LogP) is 1.52. The van der Waals surface area contributed by atoms with E-state index >= 15 is 0 Å². The quantitative estimate of drug-likeness (QED) is 0.771. The van der Waals surface area contributed by atoms with Crippen molar-refractivity contribution >= 4 is 24.3 Å². The van der Waals surface area contributed by atoms with Crippen molar-refractivity contribution in [3.05, 3.63) is 35.9 Å². The molecular formula is C18H25ClN2O4. The third-order valence-corrected chi connectivity index (χ3v) is 4.44. The van der Waals surface area contributed by atoms with Gasteiger partial charge in [-0.15, -0.1) is 12.4 Å². The zero-order valence-corrected chi connectivity index (χ0v) is 15.0. The smallest absolute Gasteiger partial charge is 0.308 e. The van der Waals surface area contributed by atoms with Crippen molar-refractivity contribution in [1.29, 1.82) is 0 Å². The van der Waals surface area contributed by atoms with Crippen LogP contribution in [-0.2, 0) is 25.7 Å². The molecule has 2 saturated heterocycles. The van der Waals surface area contributed by atoms with Gasteiger partial charge in [-0.25, -0.2) is 0 Å². The molecule has 138 valence electrons. The van der Waals surface area contributed by atoms with Crippen molar-refractivity contribution < 1.29 is 19.1 Å². The molecule has 0 aliphatic carbocycles. The fourth-order valence-electron chi connectivity index (χ4n) is 3.13. The Hall–Kier alpha value is -1.63. The topological polar surface area (TPSA) is 67.9 Å². The summed E-state index contributed by atoms with van der Waals surface area (Å²) in [6.07, 6.45) is 2.26. The van der Waals surface area contributed by atoms with Crippen molar-refractivity contribution in [2.45, 2.75) is 38.0 Å². The van der Waals surface area contributed by atoms with Crippen LogP contribution in [0.25, 0.3) is 0 Å². The summed E-state index contributed by atoms with van der Waals surface area (Å²) in [5.41, 5.74) is 0.939. The van der Waals surface area contributed by atoms with Gasteiger partial charge in [0.05, 0.1) is 18.6 Å². The Morgan fingerprint density at radius 3 is 2.84 bits per heavy atom. The third-order valence-electron chi connectivity index (χ3n) is 4.44. The Balaban J connectivity index is 0.00000225. The number of benzene rings is 1. The molecule has 1 N–H and O–H groups in total. The highest BCUT2D eigenvalue weighted by Crippen LogP contribution is 2.15. The monoisotopic (exact) mass is 368 g/mol. The van der Waals surface area contributed by atoms with Crippen LogP contribution in [0, 0.1) is 0 Å². The highest BCUT2D eigenvalue weighted by molar-refractivity contribution is 5.87. The minimum atomic E-state index is -0.497. The lowest BCUT2D eigenvalue weighted by atomic mass is 10.1. The minimum Gasteiger partial charge on any atom is -0.461 e. The number of esters is 1. The van der Waals surface area contributed by atoms with Crippen LogP contribution in [0.15, 0.2) is 30.3 Å². The molecule has 2 atom stereocenters. The van der Waals surface area contributed by atoms with E-state index in [2.05, 4.69) is 5.32 Å². The molecule has 1 aromatic carbocycles. The number of nitrogens with one attached hydrogen (secondary N) is 1. The van der Waals surface area contributed by atoms with Crippen molar-refractivity contribution in [1.82, 2.24) is 10.2 Å². The Morgan fingerprint density at radius 2 is 2.12 bits per heavy atom. The largest absolute Gasteiger partial charge is 0.461 e. The number of carbonyl (C=O) groups is 2. The van der Waals surface area contributed by atoms with Gasteiger partial charge in [-0.2, -0.15) is 0 Å². The van der Waals surface area contributed by atoms with Crippen LogP contribution in [0.3, 0.4) is 0 Å². The molecule has 2 unspecified atom stereocenters. The van der Waals surface area contributed by atoms with E-state index < -0.39 is 6.04 Å². The molecule has 6 nitrogen and oxygen atoms in total. The molecule has 3 rings (SSSR count). The van der Waals surface area contributed by atoms with Crippen LogP contribution in [-0.4, -0.2) is 55.2 Å². The van der Waals surface area contributed by atoms with Gasteiger partial charge in [-0.3, -0.25) is 9.59 Å². The number of hydrogen-bond donors (Lipinski definition) is 1. The van der Waals surface area contributed by atoms with Gasteiger partial charge < -0.3 is 19.7 Å². The molecule has 0 radical (unpaired) electrons. The predicted molar refractivity (Wildman–Crippen MR) is 95.4 cm³/mol. The minimum absolute atomic E-state index is 0. The SMILES string of the molecule is Cl.O=C(CC1NCCN(CC2CCCO2)C1=O)OCc1ccccc1. The van der Waals surface area contributed by atoms with Crippen molar-refractivity contribution in [3.63, 3.8) is 0 Å². The summed E-state index contributed by atoms with van der Waals surface area (Å²) < 4.78 is 10.9. The van der Waals surface area contributed by atoms with Crippen LogP contribution < -0.4 is 5.32 Å². The Kier molecular flexibility index (Phi) is 7.68. The van der Waals surface area contributed by atoms with Gasteiger partial charge in [-0.1, -0.05) is 30.3 Å². The molecule has 0 spiro atoms. The van der Waals surface area contributed by atoms with Gasteiger partial charge in [0, 0.05) is 26.2 Å². The van der Waals surface area contributed by atoms with Gasteiger partial charge in [-0.05, 0) is 18.4 Å². The van der Waals surface area contributed by atoms with E-state index in [1.54, 1.807) is 0 Å². The number of amides is 1. The lowest BCUT2D eigenvalue weighted by Gasteiger charge is -2.34. The van der Waals surface area contributed by atoms with Gasteiger partial charge in [0.25, 0.3) is 0 Å². The van der Waals surface area contributed by atoms with Crippen molar-refractivity contribution in [2.75, 3.05) is 26.2 Å². The van der Waals surface area contributed by atoms with Gasteiger partial charge in [0.15, 0.2) is 0 Å². The summed E-state index contributed by atoms with van der Waals surface area (Å²) in [7, 11) is 0. The summed E-state index contributed by atoms with van der Waals surface area (Å²) in [6, 6.07) is 9.03. The van der Waals surface area contributed by atoms with E-state index in [-0.39, 0.29) is 43.4 Å². The van der Waals surface area contributed by atoms with E-state index in [0.717, 1.165) is 25.0 Å². The molecule has 0 bridgehead atoms. The zero-order chi connectivity index (χ0) is 16.8. The normalized spacial score (nSPS) is 23.2. The summed E-state index contributed by atoms with van der Waals surface area (Å²) in [4.78, 5) is 26.4. The molecule has 7 heteroatoms. The van der Waals surface area contributed by atoms with Crippen LogP contribution in [0.5, 0.6) is 0 Å². The molecule has 2 aliphatic rings. The van der Waals surface area contributed by atoms with Crippen molar-refractivity contribution in [2.24, 2.45) is 0 Å². The van der Waals surface area contributed by atoms with E-state index in [1.807, 2.05) is 35.2 Å². The number of ether oxygens (including phenoxy) is 2. The lowest BCUT2D eigenvalue weighted by Crippen LogP contribution is -2.57. The molecule has 0 saturated carbocycles. The highest BCUT2D eigenvalue weighted by Gasteiger charge is 2.32. The van der Waals surface area contributed by atoms with E-state index in [1.165, 1.54) is 0 Å². The maximum atomic E-state index is 12.5. The second-order valence-corrected chi connectivity index (χ2v) is 6.28. The molecule has 25 heavy (non-hydrogen) atoms. The first-order valence-electron chi connectivity index (χ1n) is 8.55. The highest BCUT2D eigenvalue weighted by atomic mass is 35.5. The molecule has 2 aliphatic heterocycles. The second kappa shape index (κ2) is 9.75. The van der Waals surface area contributed by atoms with E-state index in [4.69, 9.17) is 9.47 Å². The second-order valence-electron chi connectivity index (χ2n) is 6.28. The maximum absolute atomic E-state index is 12.5. The van der Waals surface area contributed by atoms with Gasteiger partial charge in [0.1, 0.15) is 6.61 Å². The Morgan fingerprint density at radius 1 is 1.32 bits per heavy atom. The molecular weight excluding hydrogens is 344 g/mol. The molecule has 1 aromatic rings. The number of piperazine rings is 1.